The highest BCUT2D eigenvalue weighted by molar-refractivity contribution is 5.17. The Kier molecular flexibility index (Phi) is 2.76. The van der Waals surface area contributed by atoms with Crippen LogP contribution in [0.1, 0.15) is 11.6 Å². The number of benzene rings is 1. The quantitative estimate of drug-likeness (QED) is 0.537. The van der Waals surface area contributed by atoms with Gasteiger partial charge in [-0.1, -0.05) is 30.3 Å². The van der Waals surface area contributed by atoms with Crippen molar-refractivity contribution in [2.24, 2.45) is 5.73 Å². The van der Waals surface area contributed by atoms with Crippen LogP contribution in [0.5, 0.6) is 0 Å². The minimum absolute atomic E-state index is 0.0387. The Morgan fingerprint density at radius 2 is 2.00 bits per heavy atom. The Balaban J connectivity index is 2.88. The molecule has 4 nitrogen and oxygen atoms in total. The molecule has 0 amide bonds. The summed E-state index contributed by atoms with van der Waals surface area (Å²) in [5, 5.41) is 10.5. The standard InChI is InChI=1S/C8H10N2O2/c9-6-8(10(11)12)7-4-2-1-3-5-7/h1-5,8H,6,9H2. The van der Waals surface area contributed by atoms with Gasteiger partial charge >= 0.3 is 0 Å². The molecular formula is C8H10N2O2. The Hall–Kier alpha value is -1.42. The molecule has 0 fully saturated rings. The predicted octanol–water partition coefficient (Wildman–Crippen LogP) is 0.963. The van der Waals surface area contributed by atoms with Crippen LogP contribution in [0.4, 0.5) is 0 Å². The number of hydrogen-bond acceptors (Lipinski definition) is 3. The van der Waals surface area contributed by atoms with Gasteiger partial charge < -0.3 is 5.73 Å². The molecule has 1 aromatic carbocycles. The summed E-state index contributed by atoms with van der Waals surface area (Å²) in [6.07, 6.45) is 0. The van der Waals surface area contributed by atoms with E-state index >= 15 is 0 Å². The van der Waals surface area contributed by atoms with Crippen LogP contribution >= 0.6 is 0 Å². The van der Waals surface area contributed by atoms with Gasteiger partial charge in [-0.15, -0.1) is 0 Å². The molecule has 1 aromatic rings. The highest BCUT2D eigenvalue weighted by atomic mass is 16.6. The number of nitro groups is 1. The molecule has 0 bridgehead atoms. The molecule has 0 aliphatic rings. The van der Waals surface area contributed by atoms with Gasteiger partial charge in [0.1, 0.15) is 0 Å². The number of hydrogen-bond donors (Lipinski definition) is 1. The van der Waals surface area contributed by atoms with Crippen LogP contribution < -0.4 is 5.73 Å². The lowest BCUT2D eigenvalue weighted by molar-refractivity contribution is -0.525. The third-order valence-electron chi connectivity index (χ3n) is 1.66. The highest BCUT2D eigenvalue weighted by Gasteiger charge is 2.19. The molecule has 4 heteroatoms. The molecule has 2 N–H and O–H groups in total. The minimum Gasteiger partial charge on any atom is -0.324 e. The zero-order valence-corrected chi connectivity index (χ0v) is 6.51. The van der Waals surface area contributed by atoms with Gasteiger partial charge in [0, 0.05) is 10.5 Å². The lowest BCUT2D eigenvalue weighted by Crippen LogP contribution is -2.20. The van der Waals surface area contributed by atoms with Gasteiger partial charge in [0.25, 0.3) is 0 Å². The van der Waals surface area contributed by atoms with Gasteiger partial charge in [-0.2, -0.15) is 0 Å². The topological polar surface area (TPSA) is 69.2 Å². The van der Waals surface area contributed by atoms with Crippen molar-refractivity contribution in [3.05, 3.63) is 46.0 Å². The highest BCUT2D eigenvalue weighted by Crippen LogP contribution is 2.13. The van der Waals surface area contributed by atoms with Crippen LogP contribution in [0.2, 0.25) is 0 Å². The lowest BCUT2D eigenvalue weighted by atomic mass is 10.1. The maximum atomic E-state index is 10.5. The van der Waals surface area contributed by atoms with E-state index < -0.39 is 6.04 Å². The van der Waals surface area contributed by atoms with Crippen molar-refractivity contribution in [2.45, 2.75) is 6.04 Å². The number of nitrogens with two attached hydrogens (primary N) is 1. The van der Waals surface area contributed by atoms with Crippen LogP contribution in [0.3, 0.4) is 0 Å². The molecular weight excluding hydrogens is 156 g/mol. The fourth-order valence-corrected chi connectivity index (χ4v) is 1.02. The average molecular weight is 166 g/mol. The molecule has 64 valence electrons. The molecule has 0 aliphatic heterocycles. The molecule has 1 unspecified atom stereocenters. The fraction of sp³-hybridized carbons (Fsp3) is 0.250. The molecule has 0 saturated carbocycles. The van der Waals surface area contributed by atoms with Crippen LogP contribution in [-0.2, 0) is 0 Å². The first-order valence-corrected chi connectivity index (χ1v) is 3.64. The maximum Gasteiger partial charge on any atom is 0.250 e. The molecule has 0 aliphatic carbocycles. The zero-order chi connectivity index (χ0) is 8.97. The number of rotatable bonds is 3. The number of nitrogens with zero attached hydrogens (tertiary/aromatic N) is 1. The van der Waals surface area contributed by atoms with E-state index in [0.29, 0.717) is 5.56 Å². The summed E-state index contributed by atoms with van der Waals surface area (Å²) in [7, 11) is 0. The molecule has 0 heterocycles. The van der Waals surface area contributed by atoms with Crippen molar-refractivity contribution < 1.29 is 4.92 Å². The first kappa shape index (κ1) is 8.67. The van der Waals surface area contributed by atoms with Gasteiger partial charge in [0.15, 0.2) is 0 Å². The van der Waals surface area contributed by atoms with E-state index in [-0.39, 0.29) is 11.5 Å². The summed E-state index contributed by atoms with van der Waals surface area (Å²) >= 11 is 0. The van der Waals surface area contributed by atoms with E-state index in [1.165, 1.54) is 0 Å². The van der Waals surface area contributed by atoms with Crippen LogP contribution in [0, 0.1) is 10.1 Å². The smallest absolute Gasteiger partial charge is 0.250 e. The zero-order valence-electron chi connectivity index (χ0n) is 6.51. The average Bonchev–Trinajstić information content (AvgIpc) is 2.07. The normalized spacial score (nSPS) is 12.4. The summed E-state index contributed by atoms with van der Waals surface area (Å²) in [6, 6.07) is 7.99. The third kappa shape index (κ3) is 1.79. The summed E-state index contributed by atoms with van der Waals surface area (Å²) in [5.41, 5.74) is 5.92. The van der Waals surface area contributed by atoms with Crippen LogP contribution in [-0.4, -0.2) is 11.5 Å². The van der Waals surface area contributed by atoms with Crippen molar-refractivity contribution in [3.8, 4) is 0 Å². The first-order valence-electron chi connectivity index (χ1n) is 3.64. The molecule has 0 spiro atoms. The van der Waals surface area contributed by atoms with Crippen molar-refractivity contribution in [1.82, 2.24) is 0 Å². The Labute approximate surface area is 70.2 Å². The fourth-order valence-electron chi connectivity index (χ4n) is 1.02. The summed E-state index contributed by atoms with van der Waals surface area (Å²) < 4.78 is 0. The molecule has 12 heavy (non-hydrogen) atoms. The van der Waals surface area contributed by atoms with Gasteiger partial charge in [-0.05, 0) is 0 Å². The SMILES string of the molecule is NCC(c1ccccc1)[N+](=O)[O-]. The molecule has 0 radical (unpaired) electrons. The Bertz CT molecular complexity index is 261. The molecule has 0 saturated heterocycles. The van der Waals surface area contributed by atoms with Crippen molar-refractivity contribution in [3.63, 3.8) is 0 Å². The predicted molar refractivity (Wildman–Crippen MR) is 45.2 cm³/mol. The van der Waals surface area contributed by atoms with E-state index in [1.807, 2.05) is 6.07 Å². The van der Waals surface area contributed by atoms with Gasteiger partial charge in [0.05, 0.1) is 6.54 Å². The van der Waals surface area contributed by atoms with Gasteiger partial charge in [-0.3, -0.25) is 10.1 Å². The van der Waals surface area contributed by atoms with Gasteiger partial charge in [0.2, 0.25) is 6.04 Å². The third-order valence-corrected chi connectivity index (χ3v) is 1.66. The van der Waals surface area contributed by atoms with E-state index in [1.54, 1.807) is 24.3 Å². The van der Waals surface area contributed by atoms with Crippen molar-refractivity contribution in [2.75, 3.05) is 6.54 Å². The first-order chi connectivity index (χ1) is 5.75. The van der Waals surface area contributed by atoms with Crippen molar-refractivity contribution in [1.29, 1.82) is 0 Å². The maximum absolute atomic E-state index is 10.5. The Morgan fingerprint density at radius 1 is 1.42 bits per heavy atom. The second kappa shape index (κ2) is 3.82. The monoisotopic (exact) mass is 166 g/mol. The van der Waals surface area contributed by atoms with E-state index in [4.69, 9.17) is 5.73 Å². The summed E-state index contributed by atoms with van der Waals surface area (Å²) in [4.78, 5) is 10.1. The van der Waals surface area contributed by atoms with Crippen molar-refractivity contribution >= 4 is 0 Å². The lowest BCUT2D eigenvalue weighted by Gasteiger charge is -2.05. The van der Waals surface area contributed by atoms with E-state index in [9.17, 15) is 10.1 Å². The summed E-state index contributed by atoms with van der Waals surface area (Å²) in [5.74, 6) is 0. The van der Waals surface area contributed by atoms with E-state index in [0.717, 1.165) is 0 Å². The van der Waals surface area contributed by atoms with Crippen LogP contribution in [0.25, 0.3) is 0 Å². The van der Waals surface area contributed by atoms with E-state index in [2.05, 4.69) is 0 Å². The Morgan fingerprint density at radius 3 is 2.42 bits per heavy atom. The summed E-state index contributed by atoms with van der Waals surface area (Å²) in [6.45, 7) is 0.0387. The largest absolute Gasteiger partial charge is 0.324 e. The molecule has 0 aromatic heterocycles. The van der Waals surface area contributed by atoms with Crippen LogP contribution in [0.15, 0.2) is 30.3 Å². The second-order valence-electron chi connectivity index (χ2n) is 2.45. The molecule has 1 atom stereocenters. The molecule has 1 rings (SSSR count). The second-order valence-corrected chi connectivity index (χ2v) is 2.45. The minimum atomic E-state index is -0.772. The van der Waals surface area contributed by atoms with Gasteiger partial charge in [-0.25, -0.2) is 0 Å².